The molecule has 0 spiro atoms. The van der Waals surface area contributed by atoms with Crippen molar-refractivity contribution < 1.29 is 14.3 Å². The van der Waals surface area contributed by atoms with E-state index in [0.717, 1.165) is 34.0 Å². The van der Waals surface area contributed by atoms with Crippen LogP contribution in [-0.2, 0) is 16.0 Å². The zero-order chi connectivity index (χ0) is 25.0. The molecule has 1 aromatic carbocycles. The van der Waals surface area contributed by atoms with Crippen molar-refractivity contribution in [3.05, 3.63) is 78.8 Å². The molecule has 0 unspecified atom stereocenters. The molecule has 34 heavy (non-hydrogen) atoms. The number of Topliss-reactive ketones (excluding diaryl/α,β-unsaturated/α-hetero) is 1. The van der Waals surface area contributed by atoms with Crippen molar-refractivity contribution >= 4 is 40.8 Å². The predicted molar refractivity (Wildman–Crippen MR) is 132 cm³/mol. The van der Waals surface area contributed by atoms with Crippen molar-refractivity contribution in [3.8, 4) is 17.8 Å². The first kappa shape index (κ1) is 25.0. The summed E-state index contributed by atoms with van der Waals surface area (Å²) in [6, 6.07) is 13.4. The Morgan fingerprint density at radius 2 is 1.85 bits per heavy atom. The van der Waals surface area contributed by atoms with Crippen LogP contribution >= 0.6 is 22.9 Å². The van der Waals surface area contributed by atoms with Gasteiger partial charge in [-0.2, -0.15) is 10.5 Å². The van der Waals surface area contributed by atoms with E-state index in [0.29, 0.717) is 20.3 Å². The topological polar surface area (TPSA) is 95.9 Å². The van der Waals surface area contributed by atoms with E-state index in [9.17, 15) is 20.1 Å². The zero-order valence-corrected chi connectivity index (χ0v) is 20.8. The smallest absolute Gasteiger partial charge is 0.348 e. The first-order valence-electron chi connectivity index (χ1n) is 10.5. The van der Waals surface area contributed by atoms with Gasteiger partial charge in [0.25, 0.3) is 0 Å². The molecule has 0 aliphatic carbocycles. The van der Waals surface area contributed by atoms with Gasteiger partial charge in [-0.3, -0.25) is 4.79 Å². The second-order valence-electron chi connectivity index (χ2n) is 7.59. The number of hydrogen-bond donors (Lipinski definition) is 0. The number of aromatic nitrogens is 1. The van der Waals surface area contributed by atoms with Gasteiger partial charge in [-0.25, -0.2) is 4.79 Å². The van der Waals surface area contributed by atoms with E-state index in [1.54, 1.807) is 32.1 Å². The van der Waals surface area contributed by atoms with Crippen LogP contribution in [0, 0.1) is 43.4 Å². The molecular weight excluding hydrogens is 470 g/mol. The Hall–Kier alpha value is -3.65. The number of carbonyl (C=O) groups excluding carboxylic acids is 2. The molecule has 3 aromatic rings. The van der Waals surface area contributed by atoms with Crippen molar-refractivity contribution in [2.24, 2.45) is 0 Å². The number of allylic oxidation sites excluding steroid dienone is 1. The molecule has 3 rings (SSSR count). The van der Waals surface area contributed by atoms with Crippen molar-refractivity contribution in [1.29, 1.82) is 10.5 Å². The van der Waals surface area contributed by atoms with Gasteiger partial charge in [-0.15, -0.1) is 11.3 Å². The molecule has 0 radical (unpaired) electrons. The van der Waals surface area contributed by atoms with Crippen LogP contribution in [0.1, 0.15) is 49.6 Å². The summed E-state index contributed by atoms with van der Waals surface area (Å²) in [5.74, 6) is -0.946. The fraction of sp³-hybridized carbons (Fsp3) is 0.231. The Bertz CT molecular complexity index is 1380. The van der Waals surface area contributed by atoms with E-state index < -0.39 is 11.8 Å². The molecular formula is C26H22ClN3O3S. The molecule has 172 valence electrons. The Morgan fingerprint density at radius 3 is 2.44 bits per heavy atom. The molecule has 0 fully saturated rings. The molecule has 0 aliphatic heterocycles. The lowest BCUT2D eigenvalue weighted by Crippen LogP contribution is -2.05. The minimum absolute atomic E-state index is 0.0241. The molecule has 6 nitrogen and oxygen atoms in total. The lowest BCUT2D eigenvalue weighted by atomic mass is 10.0. The van der Waals surface area contributed by atoms with E-state index >= 15 is 0 Å². The van der Waals surface area contributed by atoms with Gasteiger partial charge in [0.15, 0.2) is 5.78 Å². The van der Waals surface area contributed by atoms with Crippen molar-refractivity contribution in [1.82, 2.24) is 4.57 Å². The minimum Gasteiger partial charge on any atom is -0.462 e. The monoisotopic (exact) mass is 491 g/mol. The second-order valence-corrected chi connectivity index (χ2v) is 9.14. The molecule has 0 N–H and O–H groups in total. The lowest BCUT2D eigenvalue weighted by Gasteiger charge is -2.09. The number of ether oxygens (including phenoxy) is 1. The third kappa shape index (κ3) is 4.97. The largest absolute Gasteiger partial charge is 0.462 e. The van der Waals surface area contributed by atoms with E-state index in [1.807, 2.05) is 42.7 Å². The van der Waals surface area contributed by atoms with Crippen molar-refractivity contribution in [3.63, 3.8) is 0 Å². The van der Waals surface area contributed by atoms with Crippen LogP contribution in [0.25, 0.3) is 11.8 Å². The maximum absolute atomic E-state index is 13.0. The zero-order valence-electron chi connectivity index (χ0n) is 19.2. The van der Waals surface area contributed by atoms with Crippen molar-refractivity contribution in [2.75, 3.05) is 6.61 Å². The van der Waals surface area contributed by atoms with Crippen LogP contribution in [0.5, 0.6) is 0 Å². The second kappa shape index (κ2) is 10.5. The van der Waals surface area contributed by atoms with Gasteiger partial charge in [0.1, 0.15) is 17.0 Å². The summed E-state index contributed by atoms with van der Waals surface area (Å²) in [4.78, 5) is 25.9. The summed E-state index contributed by atoms with van der Waals surface area (Å²) in [6.45, 7) is 7.42. The summed E-state index contributed by atoms with van der Waals surface area (Å²) >= 11 is 7.06. The molecule has 0 amide bonds. The van der Waals surface area contributed by atoms with Gasteiger partial charge >= 0.3 is 5.97 Å². The third-order valence-corrected chi connectivity index (χ3v) is 6.91. The van der Waals surface area contributed by atoms with Crippen LogP contribution in [0.4, 0.5) is 0 Å². The lowest BCUT2D eigenvalue weighted by molar-refractivity contribution is -0.114. The van der Waals surface area contributed by atoms with Crippen LogP contribution in [0.2, 0.25) is 5.02 Å². The van der Waals surface area contributed by atoms with E-state index in [1.165, 1.54) is 0 Å². The van der Waals surface area contributed by atoms with Crippen molar-refractivity contribution in [2.45, 2.75) is 34.1 Å². The van der Waals surface area contributed by atoms with Crippen LogP contribution in [0.3, 0.4) is 0 Å². The number of thiophene rings is 1. The molecule has 0 saturated carbocycles. The molecule has 0 aliphatic rings. The minimum atomic E-state index is -0.522. The number of nitriles is 2. The first-order chi connectivity index (χ1) is 16.2. The van der Waals surface area contributed by atoms with E-state index in [-0.39, 0.29) is 24.2 Å². The van der Waals surface area contributed by atoms with Gasteiger partial charge in [-0.1, -0.05) is 11.6 Å². The Labute approximate surface area is 207 Å². The van der Waals surface area contributed by atoms with Gasteiger partial charge < -0.3 is 9.30 Å². The van der Waals surface area contributed by atoms with E-state index in [4.69, 9.17) is 16.3 Å². The highest BCUT2D eigenvalue weighted by Crippen LogP contribution is 2.30. The highest BCUT2D eigenvalue weighted by Gasteiger charge is 2.23. The maximum atomic E-state index is 13.0. The molecule has 2 aromatic heterocycles. The average Bonchev–Trinajstić information content (AvgIpc) is 3.27. The van der Waals surface area contributed by atoms with E-state index in [2.05, 4.69) is 6.07 Å². The maximum Gasteiger partial charge on any atom is 0.348 e. The number of esters is 1. The number of ketones is 1. The Kier molecular flexibility index (Phi) is 7.73. The number of carbonyl (C=O) groups is 2. The van der Waals surface area contributed by atoms with Gasteiger partial charge in [0, 0.05) is 33.4 Å². The van der Waals surface area contributed by atoms with Crippen LogP contribution in [-0.4, -0.2) is 22.9 Å². The predicted octanol–water partition coefficient (Wildman–Crippen LogP) is 5.88. The van der Waals surface area contributed by atoms with Crippen LogP contribution in [0.15, 0.2) is 35.9 Å². The SMILES string of the molecule is CCOC(=O)c1sc(CC(=O)/C(C#N)=C/c2cc(C)n(-c3ccc(Cl)cc3)c2C)c(C#N)c1C. The summed E-state index contributed by atoms with van der Waals surface area (Å²) in [5, 5.41) is 19.9. The molecule has 0 bridgehead atoms. The summed E-state index contributed by atoms with van der Waals surface area (Å²) in [6.07, 6.45) is 1.42. The third-order valence-electron chi connectivity index (χ3n) is 5.39. The van der Waals surface area contributed by atoms with Gasteiger partial charge in [0.2, 0.25) is 0 Å². The molecule has 8 heteroatoms. The molecule has 0 atom stereocenters. The number of aryl methyl sites for hydroxylation is 1. The fourth-order valence-corrected chi connectivity index (χ4v) is 5.00. The number of hydrogen-bond acceptors (Lipinski definition) is 6. The summed E-state index contributed by atoms with van der Waals surface area (Å²) < 4.78 is 7.07. The highest BCUT2D eigenvalue weighted by molar-refractivity contribution is 7.14. The number of halogens is 1. The first-order valence-corrected chi connectivity index (χ1v) is 11.7. The van der Waals surface area contributed by atoms with Crippen LogP contribution < -0.4 is 0 Å². The number of benzene rings is 1. The summed E-state index contributed by atoms with van der Waals surface area (Å²) in [5.41, 5.74) is 4.21. The number of rotatable bonds is 7. The molecule has 2 heterocycles. The average molecular weight is 492 g/mol. The fourth-order valence-electron chi connectivity index (χ4n) is 3.73. The summed E-state index contributed by atoms with van der Waals surface area (Å²) in [7, 11) is 0. The Morgan fingerprint density at radius 1 is 1.18 bits per heavy atom. The number of nitrogens with zero attached hydrogens (tertiary/aromatic N) is 3. The highest BCUT2D eigenvalue weighted by atomic mass is 35.5. The normalized spacial score (nSPS) is 11.1. The quantitative estimate of drug-likeness (QED) is 0.233. The Balaban J connectivity index is 1.94. The van der Waals surface area contributed by atoms with Gasteiger partial charge in [-0.05, 0) is 75.2 Å². The molecule has 0 saturated heterocycles. The van der Waals surface area contributed by atoms with Gasteiger partial charge in [0.05, 0.1) is 17.7 Å². The standard InChI is InChI=1S/C26H22ClN3O3S/c1-5-33-26(32)25-16(3)22(14-29)24(34-25)12-23(31)19(13-28)11-18-10-15(2)30(17(18)4)21-8-6-20(27)7-9-21/h6-11H,5,12H2,1-4H3/b19-11+.